The molecular weight excluding hydrogens is 285 g/mol. The third kappa shape index (κ3) is 3.35. The first-order valence-corrected chi connectivity index (χ1v) is 7.84. The molecule has 0 N–H and O–H groups in total. The lowest BCUT2D eigenvalue weighted by atomic mass is 9.98. The standard InChI is InChI=1S/C17H20FNO3/c18-14-5-3-12(4-6-14)10-13-11-16(20)19(17(13)21)8-7-15-2-1-9-22-15/h3-6,13,15H,1-2,7-11H2/t13-,15+/m1/s1. The summed E-state index contributed by atoms with van der Waals surface area (Å²) in [6.07, 6.45) is 3.70. The van der Waals surface area contributed by atoms with Gasteiger partial charge in [-0.05, 0) is 43.4 Å². The summed E-state index contributed by atoms with van der Waals surface area (Å²) in [4.78, 5) is 25.8. The summed E-state index contributed by atoms with van der Waals surface area (Å²) in [5.41, 5.74) is 0.883. The molecule has 22 heavy (non-hydrogen) atoms. The molecule has 0 aromatic heterocycles. The Bertz CT molecular complexity index is 552. The number of ether oxygens (including phenoxy) is 1. The number of carbonyl (C=O) groups excluding carboxylic acids is 2. The van der Waals surface area contributed by atoms with E-state index in [2.05, 4.69) is 0 Å². The quantitative estimate of drug-likeness (QED) is 0.784. The number of halogens is 1. The predicted octanol–water partition coefficient (Wildman–Crippen LogP) is 2.31. The van der Waals surface area contributed by atoms with Gasteiger partial charge in [0.05, 0.1) is 12.0 Å². The van der Waals surface area contributed by atoms with Crippen molar-refractivity contribution in [2.24, 2.45) is 5.92 Å². The SMILES string of the molecule is O=C1C[C@@H](Cc2ccc(F)cc2)C(=O)N1CC[C@@H]1CCCO1. The number of hydrogen-bond donors (Lipinski definition) is 0. The lowest BCUT2D eigenvalue weighted by Gasteiger charge is -2.17. The molecule has 0 spiro atoms. The Morgan fingerprint density at radius 3 is 2.68 bits per heavy atom. The number of rotatable bonds is 5. The van der Waals surface area contributed by atoms with E-state index in [1.807, 2.05) is 0 Å². The third-order valence-electron chi connectivity index (χ3n) is 4.43. The number of amides is 2. The van der Waals surface area contributed by atoms with Gasteiger partial charge in [-0.3, -0.25) is 14.5 Å². The van der Waals surface area contributed by atoms with Crippen LogP contribution in [0.5, 0.6) is 0 Å². The average molecular weight is 305 g/mol. The Hall–Kier alpha value is -1.75. The number of nitrogens with zero attached hydrogens (tertiary/aromatic N) is 1. The first-order valence-electron chi connectivity index (χ1n) is 7.84. The highest BCUT2D eigenvalue weighted by molar-refractivity contribution is 6.03. The number of benzene rings is 1. The normalized spacial score (nSPS) is 25.2. The Morgan fingerprint density at radius 2 is 2.00 bits per heavy atom. The number of carbonyl (C=O) groups is 2. The molecule has 0 bridgehead atoms. The van der Waals surface area contributed by atoms with E-state index in [0.717, 1.165) is 31.4 Å². The van der Waals surface area contributed by atoms with Crippen molar-refractivity contribution in [3.05, 3.63) is 35.6 Å². The summed E-state index contributed by atoms with van der Waals surface area (Å²) in [6.45, 7) is 1.22. The van der Waals surface area contributed by atoms with Crippen LogP contribution in [0.1, 0.15) is 31.2 Å². The van der Waals surface area contributed by atoms with Crippen LogP contribution in [0.4, 0.5) is 4.39 Å². The summed E-state index contributed by atoms with van der Waals surface area (Å²) in [7, 11) is 0. The van der Waals surface area contributed by atoms with Crippen molar-refractivity contribution in [3.8, 4) is 0 Å². The third-order valence-corrected chi connectivity index (χ3v) is 4.43. The molecule has 0 aliphatic carbocycles. The minimum Gasteiger partial charge on any atom is -0.378 e. The Balaban J connectivity index is 1.57. The maximum absolute atomic E-state index is 12.9. The van der Waals surface area contributed by atoms with Crippen molar-refractivity contribution in [2.45, 2.75) is 38.2 Å². The average Bonchev–Trinajstić information content (AvgIpc) is 3.10. The zero-order valence-corrected chi connectivity index (χ0v) is 12.5. The summed E-state index contributed by atoms with van der Waals surface area (Å²) >= 11 is 0. The molecule has 2 atom stereocenters. The lowest BCUT2D eigenvalue weighted by molar-refractivity contribution is -0.139. The fraction of sp³-hybridized carbons (Fsp3) is 0.529. The molecule has 4 nitrogen and oxygen atoms in total. The molecule has 5 heteroatoms. The summed E-state index contributed by atoms with van der Waals surface area (Å²) in [6, 6.07) is 6.10. The van der Waals surface area contributed by atoms with Crippen LogP contribution in [0.3, 0.4) is 0 Å². The molecule has 0 radical (unpaired) electrons. The smallest absolute Gasteiger partial charge is 0.233 e. The molecule has 2 heterocycles. The van der Waals surface area contributed by atoms with E-state index in [1.54, 1.807) is 12.1 Å². The van der Waals surface area contributed by atoms with Crippen molar-refractivity contribution in [2.75, 3.05) is 13.2 Å². The van der Waals surface area contributed by atoms with Gasteiger partial charge in [0, 0.05) is 19.6 Å². The molecule has 0 saturated carbocycles. The fourth-order valence-corrected chi connectivity index (χ4v) is 3.20. The van der Waals surface area contributed by atoms with Crippen LogP contribution < -0.4 is 0 Å². The van der Waals surface area contributed by atoms with Gasteiger partial charge in [0.1, 0.15) is 5.82 Å². The number of hydrogen-bond acceptors (Lipinski definition) is 3. The molecule has 2 saturated heterocycles. The fourth-order valence-electron chi connectivity index (χ4n) is 3.20. The van der Waals surface area contributed by atoms with E-state index in [4.69, 9.17) is 4.74 Å². The van der Waals surface area contributed by atoms with E-state index in [9.17, 15) is 14.0 Å². The highest BCUT2D eigenvalue weighted by atomic mass is 19.1. The Labute approximate surface area is 129 Å². The molecule has 0 unspecified atom stereocenters. The largest absolute Gasteiger partial charge is 0.378 e. The van der Waals surface area contributed by atoms with E-state index in [-0.39, 0.29) is 36.1 Å². The Kier molecular flexibility index (Phi) is 4.52. The van der Waals surface area contributed by atoms with Crippen LogP contribution in [0, 0.1) is 11.7 Å². The maximum atomic E-state index is 12.9. The van der Waals surface area contributed by atoms with Gasteiger partial charge in [-0.25, -0.2) is 4.39 Å². The van der Waals surface area contributed by atoms with Gasteiger partial charge in [-0.2, -0.15) is 0 Å². The van der Waals surface area contributed by atoms with Crippen LogP contribution in [0.15, 0.2) is 24.3 Å². The molecule has 118 valence electrons. The van der Waals surface area contributed by atoms with Crippen molar-refractivity contribution >= 4 is 11.8 Å². The van der Waals surface area contributed by atoms with Crippen LogP contribution in [-0.4, -0.2) is 36.0 Å². The molecule has 2 fully saturated rings. The maximum Gasteiger partial charge on any atom is 0.233 e. The summed E-state index contributed by atoms with van der Waals surface area (Å²) < 4.78 is 18.4. The van der Waals surface area contributed by atoms with Crippen molar-refractivity contribution in [1.29, 1.82) is 0 Å². The second-order valence-corrected chi connectivity index (χ2v) is 6.04. The second-order valence-electron chi connectivity index (χ2n) is 6.04. The number of likely N-dealkylation sites (tertiary alicyclic amines) is 1. The van der Waals surface area contributed by atoms with Gasteiger partial charge in [0.2, 0.25) is 11.8 Å². The molecule has 2 aliphatic rings. The van der Waals surface area contributed by atoms with Gasteiger partial charge in [-0.1, -0.05) is 12.1 Å². The minimum absolute atomic E-state index is 0.102. The summed E-state index contributed by atoms with van der Waals surface area (Å²) in [5.74, 6) is -0.819. The summed E-state index contributed by atoms with van der Waals surface area (Å²) in [5, 5.41) is 0. The van der Waals surface area contributed by atoms with E-state index < -0.39 is 0 Å². The molecule has 2 aliphatic heterocycles. The van der Waals surface area contributed by atoms with Crippen LogP contribution >= 0.6 is 0 Å². The van der Waals surface area contributed by atoms with Crippen LogP contribution in [0.25, 0.3) is 0 Å². The van der Waals surface area contributed by atoms with Gasteiger partial charge in [0.25, 0.3) is 0 Å². The van der Waals surface area contributed by atoms with E-state index in [1.165, 1.54) is 17.0 Å². The zero-order valence-electron chi connectivity index (χ0n) is 12.5. The number of imide groups is 1. The van der Waals surface area contributed by atoms with Crippen molar-refractivity contribution in [3.63, 3.8) is 0 Å². The van der Waals surface area contributed by atoms with Crippen molar-refractivity contribution < 1.29 is 18.7 Å². The molecule has 1 aromatic carbocycles. The van der Waals surface area contributed by atoms with Crippen LogP contribution in [-0.2, 0) is 20.7 Å². The first-order chi connectivity index (χ1) is 10.6. The molecule has 1 aromatic rings. The molecule has 3 rings (SSSR count). The van der Waals surface area contributed by atoms with E-state index in [0.29, 0.717) is 13.0 Å². The highest BCUT2D eigenvalue weighted by Crippen LogP contribution is 2.25. The zero-order chi connectivity index (χ0) is 15.5. The predicted molar refractivity (Wildman–Crippen MR) is 78.5 cm³/mol. The van der Waals surface area contributed by atoms with E-state index >= 15 is 0 Å². The lowest BCUT2D eigenvalue weighted by Crippen LogP contribution is -2.33. The second kappa shape index (κ2) is 6.57. The monoisotopic (exact) mass is 305 g/mol. The Morgan fingerprint density at radius 1 is 1.23 bits per heavy atom. The first kappa shape index (κ1) is 15.2. The molecular formula is C17H20FNO3. The van der Waals surface area contributed by atoms with Gasteiger partial charge in [-0.15, -0.1) is 0 Å². The topological polar surface area (TPSA) is 46.6 Å². The van der Waals surface area contributed by atoms with Gasteiger partial charge >= 0.3 is 0 Å². The van der Waals surface area contributed by atoms with Crippen molar-refractivity contribution in [1.82, 2.24) is 4.90 Å². The highest BCUT2D eigenvalue weighted by Gasteiger charge is 2.38. The molecule has 2 amide bonds. The van der Waals surface area contributed by atoms with Gasteiger partial charge in [0.15, 0.2) is 0 Å². The van der Waals surface area contributed by atoms with Crippen LogP contribution in [0.2, 0.25) is 0 Å². The van der Waals surface area contributed by atoms with Gasteiger partial charge < -0.3 is 4.74 Å². The minimum atomic E-state index is -0.317.